The van der Waals surface area contributed by atoms with Crippen molar-refractivity contribution in [3.05, 3.63) is 41.7 Å². The molecule has 104 valence electrons. The number of benzene rings is 1. The molecule has 20 heavy (non-hydrogen) atoms. The van der Waals surface area contributed by atoms with Gasteiger partial charge in [-0.2, -0.15) is 5.10 Å². The molecule has 1 aromatic heterocycles. The van der Waals surface area contributed by atoms with Gasteiger partial charge in [0.25, 0.3) is 0 Å². The van der Waals surface area contributed by atoms with Gasteiger partial charge in [-0.15, -0.1) is 0 Å². The van der Waals surface area contributed by atoms with Crippen LogP contribution in [-0.2, 0) is 4.74 Å². The largest absolute Gasteiger partial charge is 0.449 e. The zero-order chi connectivity index (χ0) is 14.4. The number of amides is 1. The fraction of sp³-hybridized carbons (Fsp3) is 0.214. The van der Waals surface area contributed by atoms with E-state index in [1.807, 2.05) is 37.3 Å². The Kier molecular flexibility index (Phi) is 4.49. The van der Waals surface area contributed by atoms with Crippen LogP contribution in [0.5, 0.6) is 0 Å². The van der Waals surface area contributed by atoms with Crippen LogP contribution in [0.4, 0.5) is 4.79 Å². The minimum Gasteiger partial charge on any atom is -0.449 e. The van der Waals surface area contributed by atoms with Gasteiger partial charge < -0.3 is 9.72 Å². The Morgan fingerprint density at radius 2 is 2.20 bits per heavy atom. The summed E-state index contributed by atoms with van der Waals surface area (Å²) >= 11 is 0. The van der Waals surface area contributed by atoms with Crippen molar-refractivity contribution in [1.82, 2.24) is 15.4 Å². The van der Waals surface area contributed by atoms with E-state index in [9.17, 15) is 4.79 Å². The van der Waals surface area contributed by atoms with E-state index in [-0.39, 0.29) is 0 Å². The summed E-state index contributed by atoms with van der Waals surface area (Å²) in [4.78, 5) is 18.7. The summed E-state index contributed by atoms with van der Waals surface area (Å²) < 4.78 is 4.69. The Bertz CT molecular complexity index is 605. The summed E-state index contributed by atoms with van der Waals surface area (Å²) in [6.07, 6.45) is 0.898. The molecule has 1 aromatic carbocycles. The summed E-state index contributed by atoms with van der Waals surface area (Å²) in [6.45, 7) is 3.93. The van der Waals surface area contributed by atoms with Gasteiger partial charge in [0.05, 0.1) is 12.8 Å². The van der Waals surface area contributed by atoms with E-state index in [4.69, 9.17) is 4.74 Å². The molecular formula is C14H16N4O2. The van der Waals surface area contributed by atoms with Crippen molar-refractivity contribution >= 4 is 12.3 Å². The summed E-state index contributed by atoms with van der Waals surface area (Å²) in [5.74, 6) is 0.765. The van der Waals surface area contributed by atoms with Crippen LogP contribution in [-0.4, -0.2) is 28.9 Å². The highest BCUT2D eigenvalue weighted by Crippen LogP contribution is 2.16. The highest BCUT2D eigenvalue weighted by atomic mass is 16.5. The summed E-state index contributed by atoms with van der Waals surface area (Å²) in [5, 5.41) is 3.80. The lowest BCUT2D eigenvalue weighted by molar-refractivity contribution is 0.152. The molecule has 0 aliphatic heterocycles. The second-order valence-electron chi connectivity index (χ2n) is 4.05. The quantitative estimate of drug-likeness (QED) is 0.662. The molecule has 1 amide bonds. The number of imidazole rings is 1. The normalized spacial score (nSPS) is 10.7. The lowest BCUT2D eigenvalue weighted by Gasteiger charge is -1.97. The van der Waals surface area contributed by atoms with Crippen LogP contribution in [0.3, 0.4) is 0 Å². The average molecular weight is 272 g/mol. The van der Waals surface area contributed by atoms with Crippen molar-refractivity contribution in [1.29, 1.82) is 0 Å². The second-order valence-corrected chi connectivity index (χ2v) is 4.05. The van der Waals surface area contributed by atoms with E-state index in [1.54, 1.807) is 6.92 Å². The fourth-order valence-corrected chi connectivity index (χ4v) is 1.64. The molecule has 0 fully saturated rings. The maximum Gasteiger partial charge on any atom is 0.427 e. The molecule has 0 spiro atoms. The zero-order valence-corrected chi connectivity index (χ0v) is 11.4. The number of nitrogens with one attached hydrogen (secondary N) is 2. The van der Waals surface area contributed by atoms with Gasteiger partial charge in [0.15, 0.2) is 0 Å². The first-order valence-corrected chi connectivity index (χ1v) is 6.28. The zero-order valence-electron chi connectivity index (χ0n) is 11.4. The Balaban J connectivity index is 2.08. The van der Waals surface area contributed by atoms with Crippen LogP contribution in [0.1, 0.15) is 18.3 Å². The van der Waals surface area contributed by atoms with Crippen molar-refractivity contribution in [2.24, 2.45) is 5.10 Å². The number of nitrogens with zero attached hydrogens (tertiary/aromatic N) is 2. The van der Waals surface area contributed by atoms with E-state index in [2.05, 4.69) is 20.5 Å². The van der Waals surface area contributed by atoms with Gasteiger partial charge >= 0.3 is 6.09 Å². The number of ether oxygens (including phenoxy) is 1. The van der Waals surface area contributed by atoms with E-state index >= 15 is 0 Å². The Labute approximate surface area is 116 Å². The van der Waals surface area contributed by atoms with Crippen molar-refractivity contribution in [2.75, 3.05) is 6.61 Å². The standard InChI is InChI=1S/C14H16N4O2/c1-3-20-14(19)18-15-9-12-10(2)16-13(17-12)11-7-5-4-6-8-11/h4-9H,3H2,1-2H3,(H,16,17)(H,18,19)/b15-9-. The third kappa shape index (κ3) is 3.44. The molecule has 0 unspecified atom stereocenters. The molecule has 2 aromatic rings. The number of rotatable bonds is 4. The van der Waals surface area contributed by atoms with Crippen molar-refractivity contribution in [3.8, 4) is 11.4 Å². The number of carbonyl (C=O) groups is 1. The van der Waals surface area contributed by atoms with Crippen LogP contribution < -0.4 is 5.43 Å². The molecule has 0 radical (unpaired) electrons. The van der Waals surface area contributed by atoms with Gasteiger partial charge in [0.1, 0.15) is 11.5 Å². The van der Waals surface area contributed by atoms with Gasteiger partial charge in [0.2, 0.25) is 0 Å². The second kappa shape index (κ2) is 6.51. The van der Waals surface area contributed by atoms with Crippen LogP contribution in [0.25, 0.3) is 11.4 Å². The van der Waals surface area contributed by atoms with Crippen molar-refractivity contribution < 1.29 is 9.53 Å². The minimum atomic E-state index is -0.583. The molecule has 6 heteroatoms. The first-order valence-electron chi connectivity index (χ1n) is 6.28. The number of aromatic nitrogens is 2. The molecular weight excluding hydrogens is 256 g/mol. The Hall–Kier alpha value is -2.63. The topological polar surface area (TPSA) is 79.4 Å². The molecule has 2 N–H and O–H groups in total. The van der Waals surface area contributed by atoms with Gasteiger partial charge in [0, 0.05) is 11.3 Å². The predicted molar refractivity (Wildman–Crippen MR) is 76.5 cm³/mol. The number of hydrogen-bond acceptors (Lipinski definition) is 4. The van der Waals surface area contributed by atoms with E-state index in [1.165, 1.54) is 6.21 Å². The van der Waals surface area contributed by atoms with Gasteiger partial charge in [-0.1, -0.05) is 30.3 Å². The van der Waals surface area contributed by atoms with Gasteiger partial charge in [-0.05, 0) is 13.8 Å². The monoisotopic (exact) mass is 272 g/mol. The molecule has 6 nitrogen and oxygen atoms in total. The van der Waals surface area contributed by atoms with Crippen LogP contribution in [0.15, 0.2) is 35.4 Å². The molecule has 2 rings (SSSR count). The molecule has 0 atom stereocenters. The van der Waals surface area contributed by atoms with E-state index in [0.717, 1.165) is 17.1 Å². The maximum absolute atomic E-state index is 11.1. The van der Waals surface area contributed by atoms with Gasteiger partial charge in [-0.3, -0.25) is 0 Å². The molecule has 0 aliphatic carbocycles. The Morgan fingerprint density at radius 1 is 1.45 bits per heavy atom. The number of aryl methyl sites for hydroxylation is 1. The predicted octanol–water partition coefficient (Wildman–Crippen LogP) is 2.47. The van der Waals surface area contributed by atoms with Gasteiger partial charge in [-0.25, -0.2) is 15.2 Å². The lowest BCUT2D eigenvalue weighted by atomic mass is 10.2. The number of H-pyrrole nitrogens is 1. The third-order valence-electron chi connectivity index (χ3n) is 2.59. The first kappa shape index (κ1) is 13.8. The SMILES string of the molecule is CCOC(=O)N/N=C\c1nc(-c2ccccc2)[nH]c1C. The molecule has 0 bridgehead atoms. The molecule has 1 heterocycles. The highest BCUT2D eigenvalue weighted by molar-refractivity contribution is 5.81. The molecule has 0 aliphatic rings. The fourth-order valence-electron chi connectivity index (χ4n) is 1.64. The molecule has 0 saturated heterocycles. The van der Waals surface area contributed by atoms with E-state index in [0.29, 0.717) is 12.3 Å². The van der Waals surface area contributed by atoms with Crippen LogP contribution in [0, 0.1) is 6.92 Å². The Morgan fingerprint density at radius 3 is 2.90 bits per heavy atom. The summed E-state index contributed by atoms with van der Waals surface area (Å²) in [7, 11) is 0. The smallest absolute Gasteiger partial charge is 0.427 e. The number of carbonyl (C=O) groups excluding carboxylic acids is 1. The van der Waals surface area contributed by atoms with Crippen LogP contribution in [0.2, 0.25) is 0 Å². The third-order valence-corrected chi connectivity index (χ3v) is 2.59. The minimum absolute atomic E-state index is 0.306. The summed E-state index contributed by atoms with van der Waals surface area (Å²) in [6, 6.07) is 9.78. The number of hydrogen-bond donors (Lipinski definition) is 2. The lowest BCUT2D eigenvalue weighted by Crippen LogP contribution is -2.18. The highest BCUT2D eigenvalue weighted by Gasteiger charge is 2.06. The van der Waals surface area contributed by atoms with E-state index < -0.39 is 6.09 Å². The maximum atomic E-state index is 11.1. The summed E-state index contributed by atoms with van der Waals surface area (Å²) in [5.41, 5.74) is 4.80. The van der Waals surface area contributed by atoms with Crippen LogP contribution >= 0.6 is 0 Å². The number of hydrazone groups is 1. The first-order chi connectivity index (χ1) is 9.70. The average Bonchev–Trinajstić information content (AvgIpc) is 2.82. The molecule has 0 saturated carbocycles. The van der Waals surface area contributed by atoms with Crippen molar-refractivity contribution in [2.45, 2.75) is 13.8 Å². The van der Waals surface area contributed by atoms with Crippen molar-refractivity contribution in [3.63, 3.8) is 0 Å². The number of aromatic amines is 1.